The molecule has 3 aromatic rings. The largest absolute Gasteiger partial charge is 0.395 e. The third-order valence-electron chi connectivity index (χ3n) is 6.49. The lowest BCUT2D eigenvalue weighted by molar-refractivity contribution is 0.102. The second kappa shape index (κ2) is 8.90. The van der Waals surface area contributed by atoms with Crippen LogP contribution < -0.4 is 10.2 Å². The summed E-state index contributed by atoms with van der Waals surface area (Å²) in [5.74, 6) is 1.30. The van der Waals surface area contributed by atoms with Gasteiger partial charge in [0.2, 0.25) is 0 Å². The van der Waals surface area contributed by atoms with Crippen LogP contribution in [0.3, 0.4) is 0 Å². The third-order valence-corrected chi connectivity index (χ3v) is 6.49. The van der Waals surface area contributed by atoms with E-state index in [-0.39, 0.29) is 17.9 Å². The van der Waals surface area contributed by atoms with Crippen molar-refractivity contribution in [2.75, 3.05) is 23.4 Å². The number of benzene rings is 1. The maximum absolute atomic E-state index is 13.0. The summed E-state index contributed by atoms with van der Waals surface area (Å²) in [7, 11) is 0. The van der Waals surface area contributed by atoms with Crippen LogP contribution in [0.25, 0.3) is 5.65 Å². The van der Waals surface area contributed by atoms with Crippen molar-refractivity contribution in [1.29, 1.82) is 0 Å². The Kier molecular flexibility index (Phi) is 6.20. The highest BCUT2D eigenvalue weighted by molar-refractivity contribution is 6.04. The normalized spacial score (nSPS) is 17.0. The molecule has 2 N–H and O–H groups in total. The predicted molar refractivity (Wildman–Crippen MR) is 128 cm³/mol. The lowest BCUT2D eigenvalue weighted by Gasteiger charge is -2.37. The van der Waals surface area contributed by atoms with Crippen LogP contribution in [0.1, 0.15) is 68.1 Å². The van der Waals surface area contributed by atoms with Crippen LogP contribution in [0.2, 0.25) is 0 Å². The molecule has 1 fully saturated rings. The summed E-state index contributed by atoms with van der Waals surface area (Å²) in [6.07, 6.45) is 4.63. The van der Waals surface area contributed by atoms with E-state index in [0.29, 0.717) is 17.4 Å². The number of anilines is 2. The van der Waals surface area contributed by atoms with Crippen LogP contribution in [0.5, 0.6) is 0 Å². The van der Waals surface area contributed by atoms with E-state index in [0.717, 1.165) is 42.1 Å². The van der Waals surface area contributed by atoms with Crippen molar-refractivity contribution >= 4 is 23.2 Å². The van der Waals surface area contributed by atoms with Gasteiger partial charge in [0.05, 0.1) is 12.3 Å². The number of rotatable bonds is 6. The number of nitrogens with one attached hydrogen (secondary N) is 1. The van der Waals surface area contributed by atoms with Crippen LogP contribution in [-0.4, -0.2) is 44.8 Å². The van der Waals surface area contributed by atoms with Crippen molar-refractivity contribution in [3.63, 3.8) is 0 Å². The topological polar surface area (TPSA) is 82.8 Å². The number of nitrogens with zero attached hydrogens (tertiary/aromatic N) is 4. The van der Waals surface area contributed by atoms with Crippen LogP contribution >= 0.6 is 0 Å². The lowest BCUT2D eigenvalue weighted by atomic mass is 9.85. The fourth-order valence-electron chi connectivity index (χ4n) is 4.42. The summed E-state index contributed by atoms with van der Waals surface area (Å²) in [5, 5.41) is 17.2. The summed E-state index contributed by atoms with van der Waals surface area (Å²) in [5.41, 5.74) is 2.83. The van der Waals surface area contributed by atoms with Crippen LogP contribution in [0.15, 0.2) is 36.4 Å². The van der Waals surface area contributed by atoms with Gasteiger partial charge in [-0.1, -0.05) is 32.9 Å². The van der Waals surface area contributed by atoms with E-state index in [1.165, 1.54) is 12.8 Å². The van der Waals surface area contributed by atoms with E-state index in [2.05, 4.69) is 27.2 Å². The van der Waals surface area contributed by atoms with E-state index >= 15 is 0 Å². The number of carbonyl (C=O) groups is 1. The standard InChI is InChI=1S/C25H33N5O2/c1-5-20-8-6-7-13-29(20)23-15-21(26-22-14-17(2)28-30(22)23)27-24(32)18-9-11-19(12-10-18)25(3,4)16-31/h9-12,14-15,20,31H,5-8,13,16H2,1-4H3,(H,26,27,32)/t20-/m1/s1. The highest BCUT2D eigenvalue weighted by Crippen LogP contribution is 2.29. The molecule has 3 heterocycles. The zero-order valence-corrected chi connectivity index (χ0v) is 19.4. The number of aryl methyl sites for hydroxylation is 1. The number of hydrogen-bond donors (Lipinski definition) is 2. The molecule has 1 aromatic carbocycles. The molecule has 170 valence electrons. The van der Waals surface area contributed by atoms with E-state index in [9.17, 15) is 9.90 Å². The van der Waals surface area contributed by atoms with Gasteiger partial charge >= 0.3 is 0 Å². The molecular formula is C25H33N5O2. The van der Waals surface area contributed by atoms with E-state index < -0.39 is 0 Å². The van der Waals surface area contributed by atoms with E-state index in [1.807, 2.05) is 49.6 Å². The first kappa shape index (κ1) is 22.3. The number of hydrogen-bond acceptors (Lipinski definition) is 5. The maximum atomic E-state index is 13.0. The fourth-order valence-corrected chi connectivity index (χ4v) is 4.42. The number of aliphatic hydroxyl groups is 1. The molecule has 7 heteroatoms. The predicted octanol–water partition coefficient (Wildman–Crippen LogP) is 4.33. The molecule has 2 aromatic heterocycles. The Hall–Kier alpha value is -2.93. The SMILES string of the molecule is CC[C@@H]1CCCCN1c1cc(NC(=O)c2ccc(C(C)(C)CO)cc2)nc2cc(C)nn12. The molecule has 1 saturated heterocycles. The van der Waals surface area contributed by atoms with Gasteiger partial charge in [0.25, 0.3) is 5.91 Å². The number of fused-ring (bicyclic) bond motifs is 1. The second-order valence-electron chi connectivity index (χ2n) is 9.38. The first-order chi connectivity index (χ1) is 15.3. The van der Waals surface area contributed by atoms with Crippen molar-refractivity contribution < 1.29 is 9.90 Å². The minimum atomic E-state index is -0.347. The Balaban J connectivity index is 1.64. The molecule has 7 nitrogen and oxygen atoms in total. The average molecular weight is 436 g/mol. The van der Waals surface area contributed by atoms with Crippen LogP contribution in [0.4, 0.5) is 11.6 Å². The third kappa shape index (κ3) is 4.35. The molecular weight excluding hydrogens is 402 g/mol. The number of carbonyl (C=O) groups excluding carboxylic acids is 1. The molecule has 1 amide bonds. The molecule has 32 heavy (non-hydrogen) atoms. The molecule has 0 spiro atoms. The molecule has 0 bridgehead atoms. The summed E-state index contributed by atoms with van der Waals surface area (Å²) in [4.78, 5) is 20.0. The lowest BCUT2D eigenvalue weighted by Crippen LogP contribution is -2.40. The molecule has 0 aliphatic carbocycles. The Bertz CT molecular complexity index is 1100. The quantitative estimate of drug-likeness (QED) is 0.602. The number of amides is 1. The summed E-state index contributed by atoms with van der Waals surface area (Å²) >= 11 is 0. The highest BCUT2D eigenvalue weighted by atomic mass is 16.3. The van der Waals surface area contributed by atoms with E-state index in [4.69, 9.17) is 0 Å². The van der Waals surface area contributed by atoms with Gasteiger partial charge in [-0.05, 0) is 50.3 Å². The zero-order valence-electron chi connectivity index (χ0n) is 19.4. The van der Waals surface area contributed by atoms with Crippen molar-refractivity contribution in [3.05, 3.63) is 53.2 Å². The van der Waals surface area contributed by atoms with Crippen molar-refractivity contribution in [2.45, 2.75) is 64.8 Å². The Morgan fingerprint density at radius 3 is 2.66 bits per heavy atom. The molecule has 1 atom stereocenters. The van der Waals surface area contributed by atoms with Gasteiger partial charge in [-0.2, -0.15) is 9.61 Å². The van der Waals surface area contributed by atoms with Crippen molar-refractivity contribution in [2.24, 2.45) is 0 Å². The van der Waals surface area contributed by atoms with Gasteiger partial charge in [-0.3, -0.25) is 4.79 Å². The molecule has 4 rings (SSSR count). The summed E-state index contributed by atoms with van der Waals surface area (Å²) in [6, 6.07) is 11.7. The van der Waals surface area contributed by atoms with Crippen LogP contribution in [-0.2, 0) is 5.41 Å². The summed E-state index contributed by atoms with van der Waals surface area (Å²) < 4.78 is 1.89. The van der Waals surface area contributed by atoms with Gasteiger partial charge in [-0.25, -0.2) is 4.98 Å². The number of aliphatic hydroxyl groups excluding tert-OH is 1. The van der Waals surface area contributed by atoms with Gasteiger partial charge in [0, 0.05) is 35.7 Å². The first-order valence-corrected chi connectivity index (χ1v) is 11.5. The van der Waals surface area contributed by atoms with Crippen molar-refractivity contribution in [1.82, 2.24) is 14.6 Å². The molecule has 0 saturated carbocycles. The summed E-state index contributed by atoms with van der Waals surface area (Å²) in [6.45, 7) is 9.15. The van der Waals surface area contributed by atoms with Gasteiger partial charge in [0.1, 0.15) is 11.6 Å². The second-order valence-corrected chi connectivity index (χ2v) is 9.38. The first-order valence-electron chi connectivity index (χ1n) is 11.5. The Morgan fingerprint density at radius 2 is 1.97 bits per heavy atom. The van der Waals surface area contributed by atoms with Gasteiger partial charge in [0.15, 0.2) is 5.65 Å². The molecule has 0 radical (unpaired) electrons. The van der Waals surface area contributed by atoms with Gasteiger partial charge < -0.3 is 15.3 Å². The average Bonchev–Trinajstić information content (AvgIpc) is 3.18. The zero-order chi connectivity index (χ0) is 22.9. The minimum absolute atomic E-state index is 0.0469. The highest BCUT2D eigenvalue weighted by Gasteiger charge is 2.25. The smallest absolute Gasteiger partial charge is 0.256 e. The maximum Gasteiger partial charge on any atom is 0.256 e. The Morgan fingerprint density at radius 1 is 1.22 bits per heavy atom. The molecule has 1 aliphatic rings. The minimum Gasteiger partial charge on any atom is -0.395 e. The van der Waals surface area contributed by atoms with Crippen molar-refractivity contribution in [3.8, 4) is 0 Å². The molecule has 1 aliphatic heterocycles. The fraction of sp³-hybridized carbons (Fsp3) is 0.480. The Labute approximate surface area is 189 Å². The van der Waals surface area contributed by atoms with Gasteiger partial charge in [-0.15, -0.1) is 0 Å². The number of piperidine rings is 1. The van der Waals surface area contributed by atoms with E-state index in [1.54, 1.807) is 12.1 Å². The monoisotopic (exact) mass is 435 g/mol. The number of aromatic nitrogens is 3. The molecule has 0 unspecified atom stereocenters. The van der Waals surface area contributed by atoms with Crippen LogP contribution in [0, 0.1) is 6.92 Å².